The van der Waals surface area contributed by atoms with Crippen LogP contribution in [0.3, 0.4) is 0 Å². The minimum Gasteiger partial charge on any atom is -0.0991 e. The Morgan fingerprint density at radius 3 is 2.20 bits per heavy atom. The lowest BCUT2D eigenvalue weighted by Gasteiger charge is -1.84. The minimum absolute atomic E-state index is 1.13. The number of rotatable bonds is 6. The van der Waals surface area contributed by atoms with E-state index >= 15 is 0 Å². The second-order valence-electron chi connectivity index (χ2n) is 3.17. The highest BCUT2D eigenvalue weighted by Crippen LogP contribution is 1.93. The summed E-state index contributed by atoms with van der Waals surface area (Å²) in [4.78, 5) is 0. The van der Waals surface area contributed by atoms with Crippen molar-refractivity contribution in [2.45, 2.75) is 46.5 Å². The molecule has 0 saturated heterocycles. The first-order chi connectivity index (χ1) is 7.33. The monoisotopic (exact) mass is 206 g/mol. The summed E-state index contributed by atoms with van der Waals surface area (Å²) in [6.45, 7) is 9.91. The topological polar surface area (TPSA) is 0 Å². The zero-order valence-electron chi connectivity index (χ0n) is 10.6. The average Bonchev–Trinajstić information content (AvgIpc) is 2.26. The fraction of sp³-hybridized carbons (Fsp3) is 0.467. The molecule has 0 aromatic carbocycles. The third-order valence-electron chi connectivity index (χ3n) is 1.67. The molecule has 0 atom stereocenters. The Balaban J connectivity index is 0. The molecule has 0 aliphatic carbocycles. The van der Waals surface area contributed by atoms with Crippen LogP contribution < -0.4 is 0 Å². The van der Waals surface area contributed by atoms with E-state index in [0.717, 1.165) is 6.42 Å². The first kappa shape index (κ1) is 16.4. The molecule has 0 heteroatoms. The maximum absolute atomic E-state index is 3.57. The maximum atomic E-state index is 3.57. The van der Waals surface area contributed by atoms with Gasteiger partial charge in [-0.05, 0) is 19.8 Å². The number of hydrogen-bond acceptors (Lipinski definition) is 0. The molecule has 0 aromatic rings. The standard InChI is InChI=1S/C8H14.C7H12/c1-3-5-7-8-6-4-2;1-3-5-7-6-4-2/h3,5,7H,1,4,6,8H2,2H3;3,5-7H,4H2,1-2H3/b7-5+;5-3+,7-6+. The number of allylic oxidation sites excluding steroid dienone is 7. The van der Waals surface area contributed by atoms with Crippen molar-refractivity contribution in [2.75, 3.05) is 0 Å². The van der Waals surface area contributed by atoms with Crippen LogP contribution in [0.2, 0.25) is 0 Å². The van der Waals surface area contributed by atoms with Crippen LogP contribution in [0, 0.1) is 0 Å². The first-order valence-electron chi connectivity index (χ1n) is 5.88. The number of hydrogen-bond donors (Lipinski definition) is 0. The molecule has 0 spiro atoms. The molecule has 0 aromatic heterocycles. The van der Waals surface area contributed by atoms with Gasteiger partial charge in [-0.2, -0.15) is 0 Å². The van der Waals surface area contributed by atoms with Gasteiger partial charge >= 0.3 is 0 Å². The van der Waals surface area contributed by atoms with Crippen molar-refractivity contribution in [3.63, 3.8) is 0 Å². The van der Waals surface area contributed by atoms with E-state index in [1.165, 1.54) is 19.3 Å². The van der Waals surface area contributed by atoms with Gasteiger partial charge in [0, 0.05) is 0 Å². The Kier molecular flexibility index (Phi) is 20.4. The van der Waals surface area contributed by atoms with Crippen LogP contribution in [0.15, 0.2) is 49.1 Å². The third-order valence-corrected chi connectivity index (χ3v) is 1.67. The maximum Gasteiger partial charge on any atom is -0.0348 e. The summed E-state index contributed by atoms with van der Waals surface area (Å²) in [5.41, 5.74) is 0. The van der Waals surface area contributed by atoms with Crippen molar-refractivity contribution < 1.29 is 0 Å². The lowest BCUT2D eigenvalue weighted by molar-refractivity contribution is 0.815. The summed E-state index contributed by atoms with van der Waals surface area (Å²) in [6, 6.07) is 0. The normalized spacial score (nSPS) is 10.9. The van der Waals surface area contributed by atoms with Gasteiger partial charge in [-0.15, -0.1) is 0 Å². The van der Waals surface area contributed by atoms with Crippen LogP contribution in [0.5, 0.6) is 0 Å². The highest BCUT2D eigenvalue weighted by molar-refractivity contribution is 5.00. The highest BCUT2D eigenvalue weighted by atomic mass is 13.8. The molecule has 0 unspecified atom stereocenters. The highest BCUT2D eigenvalue weighted by Gasteiger charge is 1.73. The van der Waals surface area contributed by atoms with E-state index in [2.05, 4.69) is 38.7 Å². The van der Waals surface area contributed by atoms with Gasteiger partial charge < -0.3 is 0 Å². The van der Waals surface area contributed by atoms with Crippen LogP contribution in [0.4, 0.5) is 0 Å². The predicted molar refractivity (Wildman–Crippen MR) is 73.1 cm³/mol. The molecule has 0 N–H and O–H groups in total. The van der Waals surface area contributed by atoms with Gasteiger partial charge in [0.25, 0.3) is 0 Å². The molecular weight excluding hydrogens is 180 g/mol. The lowest BCUT2D eigenvalue weighted by Crippen LogP contribution is -1.64. The van der Waals surface area contributed by atoms with Crippen molar-refractivity contribution in [2.24, 2.45) is 0 Å². The largest absolute Gasteiger partial charge is 0.0991 e. The van der Waals surface area contributed by atoms with E-state index in [4.69, 9.17) is 0 Å². The zero-order valence-corrected chi connectivity index (χ0v) is 10.6. The molecule has 15 heavy (non-hydrogen) atoms. The Hall–Kier alpha value is -1.04. The molecule has 0 radical (unpaired) electrons. The molecule has 0 bridgehead atoms. The van der Waals surface area contributed by atoms with Crippen LogP contribution in [0.1, 0.15) is 46.5 Å². The summed E-state index contributed by atoms with van der Waals surface area (Å²) in [6.07, 6.45) is 19.1. The van der Waals surface area contributed by atoms with E-state index in [-0.39, 0.29) is 0 Å². The Labute approximate surface area is 96.1 Å². The van der Waals surface area contributed by atoms with Gasteiger partial charge in [-0.25, -0.2) is 0 Å². The Morgan fingerprint density at radius 2 is 1.73 bits per heavy atom. The van der Waals surface area contributed by atoms with E-state index in [1.807, 2.05) is 31.2 Å². The molecular formula is C15H26. The molecule has 0 fully saturated rings. The van der Waals surface area contributed by atoms with Gasteiger partial charge in [0.15, 0.2) is 0 Å². The van der Waals surface area contributed by atoms with Gasteiger partial charge in [0.2, 0.25) is 0 Å². The SMILES string of the molecule is C/C=C/C=C/CC.C=C/C=C/CCCC. The average molecular weight is 206 g/mol. The van der Waals surface area contributed by atoms with Crippen LogP contribution >= 0.6 is 0 Å². The van der Waals surface area contributed by atoms with Crippen LogP contribution in [-0.4, -0.2) is 0 Å². The number of unbranched alkanes of at least 4 members (excludes halogenated alkanes) is 2. The Morgan fingerprint density at radius 1 is 1.00 bits per heavy atom. The third kappa shape index (κ3) is 24.6. The molecule has 0 amide bonds. The summed E-state index contributed by atoms with van der Waals surface area (Å²) < 4.78 is 0. The smallest absolute Gasteiger partial charge is 0.0348 e. The van der Waals surface area contributed by atoms with Gasteiger partial charge in [0.1, 0.15) is 0 Å². The molecule has 0 saturated carbocycles. The Bertz CT molecular complexity index is 182. The molecule has 0 rings (SSSR count). The fourth-order valence-electron chi connectivity index (χ4n) is 0.840. The zero-order chi connectivity index (χ0) is 11.8. The van der Waals surface area contributed by atoms with E-state index in [9.17, 15) is 0 Å². The quantitative estimate of drug-likeness (QED) is 0.400. The first-order valence-corrected chi connectivity index (χ1v) is 5.88. The molecule has 0 aliphatic heterocycles. The van der Waals surface area contributed by atoms with Crippen molar-refractivity contribution in [1.82, 2.24) is 0 Å². The van der Waals surface area contributed by atoms with Crippen LogP contribution in [-0.2, 0) is 0 Å². The summed E-state index contributed by atoms with van der Waals surface area (Å²) >= 11 is 0. The molecule has 86 valence electrons. The summed E-state index contributed by atoms with van der Waals surface area (Å²) in [7, 11) is 0. The fourth-order valence-corrected chi connectivity index (χ4v) is 0.840. The van der Waals surface area contributed by atoms with E-state index < -0.39 is 0 Å². The van der Waals surface area contributed by atoms with Crippen molar-refractivity contribution in [1.29, 1.82) is 0 Å². The second-order valence-corrected chi connectivity index (χ2v) is 3.17. The lowest BCUT2D eigenvalue weighted by atomic mass is 10.2. The second kappa shape index (κ2) is 18.7. The van der Waals surface area contributed by atoms with Crippen molar-refractivity contribution >= 4 is 0 Å². The molecule has 0 nitrogen and oxygen atoms in total. The molecule has 0 aliphatic rings. The minimum atomic E-state index is 1.13. The predicted octanol–water partition coefficient (Wildman–Crippen LogP) is 5.45. The van der Waals surface area contributed by atoms with E-state index in [0.29, 0.717) is 0 Å². The summed E-state index contributed by atoms with van der Waals surface area (Å²) in [5.74, 6) is 0. The van der Waals surface area contributed by atoms with Crippen molar-refractivity contribution in [3.05, 3.63) is 49.1 Å². The molecule has 0 heterocycles. The van der Waals surface area contributed by atoms with E-state index in [1.54, 1.807) is 0 Å². The summed E-state index contributed by atoms with van der Waals surface area (Å²) in [5, 5.41) is 0. The van der Waals surface area contributed by atoms with Crippen molar-refractivity contribution in [3.8, 4) is 0 Å². The van der Waals surface area contributed by atoms with Gasteiger partial charge in [-0.3, -0.25) is 0 Å². The van der Waals surface area contributed by atoms with Gasteiger partial charge in [-0.1, -0.05) is 75.8 Å². The van der Waals surface area contributed by atoms with Crippen LogP contribution in [0.25, 0.3) is 0 Å². The van der Waals surface area contributed by atoms with Gasteiger partial charge in [0.05, 0.1) is 0 Å².